The molecule has 0 spiro atoms. The summed E-state index contributed by atoms with van der Waals surface area (Å²) in [5.41, 5.74) is 0.560. The lowest BCUT2D eigenvalue weighted by Gasteiger charge is -2.17. The lowest BCUT2D eigenvalue weighted by molar-refractivity contribution is 0.243. The van der Waals surface area contributed by atoms with Gasteiger partial charge >= 0.3 is 0 Å². The van der Waals surface area contributed by atoms with E-state index in [1.54, 1.807) is 19.2 Å². The van der Waals surface area contributed by atoms with Crippen LogP contribution in [0.25, 0.3) is 0 Å². The van der Waals surface area contributed by atoms with Gasteiger partial charge in [0, 0.05) is 11.6 Å². The van der Waals surface area contributed by atoms with Crippen LogP contribution in [-0.2, 0) is 4.74 Å². The summed E-state index contributed by atoms with van der Waals surface area (Å²) in [4.78, 5) is 0. The summed E-state index contributed by atoms with van der Waals surface area (Å²) in [6.07, 6.45) is 2.26. The number of nitrogens with one attached hydrogen (secondary N) is 1. The number of halogens is 1. The van der Waals surface area contributed by atoms with Gasteiger partial charge in [-0.3, -0.25) is 0 Å². The summed E-state index contributed by atoms with van der Waals surface area (Å²) in [5, 5.41) is 3.24. The number of benzene rings is 1. The van der Waals surface area contributed by atoms with Crippen molar-refractivity contribution < 1.29 is 13.9 Å². The zero-order chi connectivity index (χ0) is 13.4. The number of ether oxygens (including phenoxy) is 2. The fourth-order valence-corrected chi connectivity index (χ4v) is 1.77. The molecule has 1 atom stereocenters. The second kappa shape index (κ2) is 7.71. The highest BCUT2D eigenvalue weighted by molar-refractivity contribution is 5.36. The fourth-order valence-electron chi connectivity index (χ4n) is 1.77. The van der Waals surface area contributed by atoms with Crippen LogP contribution in [0, 0.1) is 5.82 Å². The van der Waals surface area contributed by atoms with Gasteiger partial charge in [0.05, 0.1) is 20.0 Å². The van der Waals surface area contributed by atoms with Crippen LogP contribution < -0.4 is 10.1 Å². The quantitative estimate of drug-likeness (QED) is 0.570. The molecule has 1 rings (SSSR count). The molecule has 0 saturated heterocycles. The van der Waals surface area contributed by atoms with Gasteiger partial charge in [-0.2, -0.15) is 0 Å². The second-order valence-corrected chi connectivity index (χ2v) is 3.92. The number of rotatable bonds is 8. The normalized spacial score (nSPS) is 11.9. The molecule has 0 aliphatic heterocycles. The second-order valence-electron chi connectivity index (χ2n) is 3.92. The molecule has 0 amide bonds. The lowest BCUT2D eigenvalue weighted by Crippen LogP contribution is -2.22. The number of methoxy groups -OCH3 is 1. The van der Waals surface area contributed by atoms with Gasteiger partial charge < -0.3 is 14.8 Å². The van der Waals surface area contributed by atoms with E-state index in [0.29, 0.717) is 17.9 Å². The molecule has 0 radical (unpaired) electrons. The SMILES string of the molecule is C=COCCCNC(C)c1c(F)cccc1OC. The van der Waals surface area contributed by atoms with Crippen LogP contribution in [0.15, 0.2) is 31.0 Å². The Morgan fingerprint density at radius 1 is 1.50 bits per heavy atom. The largest absolute Gasteiger partial charge is 0.502 e. The molecular formula is C14H20FNO2. The summed E-state index contributed by atoms with van der Waals surface area (Å²) >= 11 is 0. The van der Waals surface area contributed by atoms with Crippen molar-refractivity contribution in [1.82, 2.24) is 5.32 Å². The van der Waals surface area contributed by atoms with Crippen LogP contribution in [-0.4, -0.2) is 20.3 Å². The van der Waals surface area contributed by atoms with Crippen molar-refractivity contribution in [3.8, 4) is 5.75 Å². The van der Waals surface area contributed by atoms with Gasteiger partial charge in [-0.1, -0.05) is 12.6 Å². The lowest BCUT2D eigenvalue weighted by atomic mass is 10.1. The topological polar surface area (TPSA) is 30.5 Å². The first-order valence-electron chi connectivity index (χ1n) is 5.99. The average molecular weight is 253 g/mol. The molecule has 1 N–H and O–H groups in total. The van der Waals surface area contributed by atoms with Gasteiger partial charge in [0.15, 0.2) is 0 Å². The Morgan fingerprint density at radius 2 is 2.28 bits per heavy atom. The van der Waals surface area contributed by atoms with E-state index < -0.39 is 0 Å². The predicted molar refractivity (Wildman–Crippen MR) is 70.1 cm³/mol. The molecule has 0 aliphatic rings. The molecule has 1 aromatic rings. The number of hydrogen-bond donors (Lipinski definition) is 1. The van der Waals surface area contributed by atoms with Crippen LogP contribution in [0.1, 0.15) is 24.9 Å². The monoisotopic (exact) mass is 253 g/mol. The molecule has 0 saturated carbocycles. The summed E-state index contributed by atoms with van der Waals surface area (Å²) in [6, 6.07) is 4.74. The van der Waals surface area contributed by atoms with Crippen molar-refractivity contribution in [3.63, 3.8) is 0 Å². The first-order valence-corrected chi connectivity index (χ1v) is 5.99. The Bertz CT molecular complexity index is 382. The van der Waals surface area contributed by atoms with Crippen molar-refractivity contribution >= 4 is 0 Å². The summed E-state index contributed by atoms with van der Waals surface area (Å²) in [7, 11) is 1.54. The Labute approximate surface area is 108 Å². The summed E-state index contributed by atoms with van der Waals surface area (Å²) < 4.78 is 23.9. The third kappa shape index (κ3) is 4.04. The van der Waals surface area contributed by atoms with Crippen molar-refractivity contribution in [2.45, 2.75) is 19.4 Å². The Kier molecular flexibility index (Phi) is 6.22. The first-order chi connectivity index (χ1) is 8.70. The maximum Gasteiger partial charge on any atom is 0.131 e. The summed E-state index contributed by atoms with van der Waals surface area (Å²) in [5.74, 6) is 0.314. The fraction of sp³-hybridized carbons (Fsp3) is 0.429. The zero-order valence-corrected chi connectivity index (χ0v) is 10.9. The minimum atomic E-state index is -0.253. The molecule has 0 heterocycles. The van der Waals surface area contributed by atoms with E-state index in [9.17, 15) is 4.39 Å². The van der Waals surface area contributed by atoms with Gasteiger partial charge in [-0.25, -0.2) is 4.39 Å². The molecule has 100 valence electrons. The molecule has 18 heavy (non-hydrogen) atoms. The maximum atomic E-state index is 13.8. The van der Waals surface area contributed by atoms with Crippen LogP contribution in [0.5, 0.6) is 5.75 Å². The number of hydrogen-bond acceptors (Lipinski definition) is 3. The predicted octanol–water partition coefficient (Wildman–Crippen LogP) is 3.04. The average Bonchev–Trinajstić information content (AvgIpc) is 2.37. The summed E-state index contributed by atoms with van der Waals surface area (Å²) in [6.45, 7) is 6.73. The standard InChI is InChI=1S/C14H20FNO2/c1-4-18-10-6-9-16-11(2)14-12(15)7-5-8-13(14)17-3/h4-5,7-8,11,16H,1,6,9-10H2,2-3H3. The highest BCUT2D eigenvalue weighted by atomic mass is 19.1. The van der Waals surface area contributed by atoms with Crippen molar-refractivity contribution in [1.29, 1.82) is 0 Å². The Balaban J connectivity index is 2.55. The molecule has 3 nitrogen and oxygen atoms in total. The van der Waals surface area contributed by atoms with E-state index in [1.165, 1.54) is 12.3 Å². The maximum absolute atomic E-state index is 13.8. The van der Waals surface area contributed by atoms with Crippen molar-refractivity contribution in [3.05, 3.63) is 42.4 Å². The van der Waals surface area contributed by atoms with E-state index in [-0.39, 0.29) is 11.9 Å². The van der Waals surface area contributed by atoms with Gasteiger partial charge in [0.1, 0.15) is 11.6 Å². The van der Waals surface area contributed by atoms with Crippen LogP contribution in [0.3, 0.4) is 0 Å². The molecular weight excluding hydrogens is 233 g/mol. The van der Waals surface area contributed by atoms with E-state index >= 15 is 0 Å². The smallest absolute Gasteiger partial charge is 0.131 e. The Hall–Kier alpha value is -1.55. The minimum Gasteiger partial charge on any atom is -0.502 e. The van der Waals surface area contributed by atoms with Gasteiger partial charge in [0.25, 0.3) is 0 Å². The van der Waals surface area contributed by atoms with Crippen molar-refractivity contribution in [2.24, 2.45) is 0 Å². The van der Waals surface area contributed by atoms with Crippen molar-refractivity contribution in [2.75, 3.05) is 20.3 Å². The molecule has 0 aliphatic carbocycles. The van der Waals surface area contributed by atoms with Crippen LogP contribution in [0.4, 0.5) is 4.39 Å². The molecule has 1 unspecified atom stereocenters. The van der Waals surface area contributed by atoms with Crippen LogP contribution in [0.2, 0.25) is 0 Å². The highest BCUT2D eigenvalue weighted by Crippen LogP contribution is 2.27. The third-order valence-electron chi connectivity index (χ3n) is 2.67. The highest BCUT2D eigenvalue weighted by Gasteiger charge is 2.15. The van der Waals surface area contributed by atoms with E-state index in [0.717, 1.165) is 13.0 Å². The Morgan fingerprint density at radius 3 is 2.94 bits per heavy atom. The van der Waals surface area contributed by atoms with Crippen LogP contribution >= 0.6 is 0 Å². The van der Waals surface area contributed by atoms with E-state index in [1.807, 2.05) is 6.92 Å². The molecule has 1 aromatic carbocycles. The first kappa shape index (κ1) is 14.5. The van der Waals surface area contributed by atoms with E-state index in [2.05, 4.69) is 11.9 Å². The molecule has 0 aromatic heterocycles. The van der Waals surface area contributed by atoms with E-state index in [4.69, 9.17) is 9.47 Å². The van der Waals surface area contributed by atoms with Gasteiger partial charge in [-0.05, 0) is 32.0 Å². The van der Waals surface area contributed by atoms with Gasteiger partial charge in [-0.15, -0.1) is 0 Å². The molecule has 0 bridgehead atoms. The molecule has 0 fully saturated rings. The molecule has 4 heteroatoms. The van der Waals surface area contributed by atoms with Gasteiger partial charge in [0.2, 0.25) is 0 Å². The zero-order valence-electron chi connectivity index (χ0n) is 10.9. The third-order valence-corrected chi connectivity index (χ3v) is 2.67. The minimum absolute atomic E-state index is 0.107.